The highest BCUT2D eigenvalue weighted by atomic mass is 16.5. The largest absolute Gasteiger partial charge is 0.396 e. The summed E-state index contributed by atoms with van der Waals surface area (Å²) in [6.07, 6.45) is 37.6. The molecule has 13 N–H and O–H groups in total. The Balaban J connectivity index is 0.000000182. The lowest BCUT2D eigenvalue weighted by Crippen LogP contribution is -2.14. The summed E-state index contributed by atoms with van der Waals surface area (Å²) >= 11 is 0. The Morgan fingerprint density at radius 3 is 1.06 bits per heavy atom. The monoisotopic (exact) mass is 1760 g/mol. The van der Waals surface area contributed by atoms with Gasteiger partial charge >= 0.3 is 0 Å². The number of fused-ring (bicyclic) bond motifs is 5. The number of pyridine rings is 1. The first-order valence-corrected chi connectivity index (χ1v) is 44.9. The zero-order valence-corrected chi connectivity index (χ0v) is 75.3. The first-order chi connectivity index (χ1) is 62.6. The van der Waals surface area contributed by atoms with E-state index in [-0.39, 0.29) is 19.8 Å². The fraction of sp³-hybridized carbons (Fsp3) is 0.390. The van der Waals surface area contributed by atoms with Crippen LogP contribution in [-0.2, 0) is 95.2 Å². The van der Waals surface area contributed by atoms with E-state index in [0.29, 0.717) is 42.9 Å². The molecule has 0 unspecified atom stereocenters. The molecule has 1 aliphatic rings. The number of hydroxylamine groups is 5. The Hall–Kier alpha value is -12.5. The van der Waals surface area contributed by atoms with Crippen LogP contribution in [0, 0.1) is 17.8 Å². The van der Waals surface area contributed by atoms with E-state index in [2.05, 4.69) is 101 Å². The fourth-order valence-electron chi connectivity index (χ4n) is 15.6. The van der Waals surface area contributed by atoms with Crippen molar-refractivity contribution in [2.75, 3.05) is 19.8 Å². The molecule has 12 aromatic rings. The molecule has 13 rings (SSSR count). The van der Waals surface area contributed by atoms with Crippen molar-refractivity contribution in [2.24, 2.45) is 17.8 Å². The fourth-order valence-corrected chi connectivity index (χ4v) is 15.6. The summed E-state index contributed by atoms with van der Waals surface area (Å²) in [6, 6.07) is 45.9. The zero-order valence-electron chi connectivity index (χ0n) is 75.3. The minimum absolute atomic E-state index is 0.151. The maximum atomic E-state index is 11.2. The van der Waals surface area contributed by atoms with E-state index < -0.39 is 29.5 Å². The first kappa shape index (κ1) is 100. The highest BCUT2D eigenvalue weighted by Gasteiger charge is 2.24. The van der Waals surface area contributed by atoms with E-state index in [1.54, 1.807) is 57.8 Å². The molecule has 0 bridgehead atoms. The third-order valence-electron chi connectivity index (χ3n) is 21.8. The van der Waals surface area contributed by atoms with Crippen molar-refractivity contribution >= 4 is 115 Å². The molecule has 6 heterocycles. The van der Waals surface area contributed by atoms with Gasteiger partial charge in [-0.05, 0) is 199 Å². The summed E-state index contributed by atoms with van der Waals surface area (Å²) in [7, 11) is 0. The second-order valence-corrected chi connectivity index (χ2v) is 33.3. The second-order valence-electron chi connectivity index (χ2n) is 33.3. The lowest BCUT2D eigenvalue weighted by molar-refractivity contribution is -0.124. The number of hydrogen-bond donors (Lipinski definition) is 13. The molecule has 686 valence electrons. The van der Waals surface area contributed by atoms with Crippen molar-refractivity contribution in [3.05, 3.63) is 244 Å². The molecule has 0 atom stereocenters. The molecule has 0 saturated heterocycles. The van der Waals surface area contributed by atoms with Gasteiger partial charge in [0.2, 0.25) is 0 Å². The van der Waals surface area contributed by atoms with E-state index >= 15 is 0 Å². The number of aryl methyl sites for hydroxylation is 8. The maximum Gasteiger partial charge on any atom is 0.267 e. The average Bonchev–Trinajstić information content (AvgIpc) is 1.93. The van der Waals surface area contributed by atoms with Gasteiger partial charge in [-0.15, -0.1) is 0 Å². The molecule has 1 saturated carbocycles. The predicted molar refractivity (Wildman–Crippen MR) is 505 cm³/mol. The number of imidazole rings is 5. The number of rotatable bonds is 39. The molecule has 0 aliphatic heterocycles. The van der Waals surface area contributed by atoms with Crippen molar-refractivity contribution in [2.45, 2.75) is 216 Å². The van der Waals surface area contributed by atoms with Crippen LogP contribution in [0.4, 0.5) is 0 Å². The van der Waals surface area contributed by atoms with Crippen LogP contribution in [0.5, 0.6) is 0 Å². The summed E-state index contributed by atoms with van der Waals surface area (Å²) in [6.45, 7) is 19.7. The van der Waals surface area contributed by atoms with Crippen LogP contribution in [0.1, 0.15) is 212 Å². The van der Waals surface area contributed by atoms with Gasteiger partial charge < -0.3 is 38.2 Å². The molecule has 5 amide bonds. The predicted octanol–water partition coefficient (Wildman–Crippen LogP) is 16.3. The third kappa shape index (κ3) is 31.5. The van der Waals surface area contributed by atoms with E-state index in [9.17, 15) is 34.2 Å². The highest BCUT2D eigenvalue weighted by molar-refractivity contribution is 5.95. The summed E-state index contributed by atoms with van der Waals surface area (Å²) in [5.74, 6) is 4.54. The molecule has 29 heteroatoms. The molecule has 1 fully saturated rings. The Kier molecular flexibility index (Phi) is 41.5. The van der Waals surface area contributed by atoms with Gasteiger partial charge in [0.05, 0.1) is 55.2 Å². The van der Waals surface area contributed by atoms with Crippen molar-refractivity contribution in [3.8, 4) is 0 Å². The maximum absolute atomic E-state index is 11.2. The summed E-state index contributed by atoms with van der Waals surface area (Å²) < 4.78 is 11.2. The Bertz CT molecular complexity index is 5560. The second kappa shape index (κ2) is 53.4. The van der Waals surface area contributed by atoms with Crippen molar-refractivity contribution in [1.29, 1.82) is 0 Å². The molecule has 29 nitrogen and oxygen atoms in total. The molecule has 129 heavy (non-hydrogen) atoms. The minimum atomic E-state index is -0.570. The van der Waals surface area contributed by atoms with E-state index in [1.165, 1.54) is 100 Å². The zero-order chi connectivity index (χ0) is 92.4. The highest BCUT2D eigenvalue weighted by Crippen LogP contribution is 2.35. The molecule has 1 aliphatic carbocycles. The van der Waals surface area contributed by atoms with E-state index in [0.717, 1.165) is 195 Å². The normalized spacial score (nSPS) is 12.4. The van der Waals surface area contributed by atoms with Gasteiger partial charge in [0.1, 0.15) is 29.1 Å². The molecule has 6 aromatic carbocycles. The van der Waals surface area contributed by atoms with Crippen molar-refractivity contribution in [3.63, 3.8) is 0 Å². The van der Waals surface area contributed by atoms with Gasteiger partial charge in [-0.2, -0.15) is 0 Å². The Morgan fingerprint density at radius 2 is 0.698 bits per heavy atom. The van der Waals surface area contributed by atoms with Crippen LogP contribution < -0.4 is 27.4 Å². The van der Waals surface area contributed by atoms with Gasteiger partial charge in [0.15, 0.2) is 0 Å². The molecule has 0 radical (unpaired) electrons. The van der Waals surface area contributed by atoms with Crippen molar-refractivity contribution in [1.82, 2.24) is 80.1 Å². The van der Waals surface area contributed by atoms with Crippen LogP contribution in [0.15, 0.2) is 176 Å². The number of aromatic nitrogens is 11. The number of unbranched alkanes of at least 4 members (excludes halogenated alkanes) is 5. The summed E-state index contributed by atoms with van der Waals surface area (Å²) in [4.78, 5) is 84.2. The number of nitrogens with zero attached hydrogens (tertiary/aromatic N) is 11. The van der Waals surface area contributed by atoms with Gasteiger partial charge in [-0.25, -0.2) is 52.3 Å². The van der Waals surface area contributed by atoms with Gasteiger partial charge in [-0.1, -0.05) is 167 Å². The Labute approximate surface area is 754 Å². The summed E-state index contributed by atoms with van der Waals surface area (Å²) in [5.41, 5.74) is 24.4. The number of nitrogens with one attached hydrogen (secondary N) is 5. The summed E-state index contributed by atoms with van der Waals surface area (Å²) in [5, 5.41) is 70.4. The number of carbonyl (C=O) groups is 5. The van der Waals surface area contributed by atoms with Gasteiger partial charge in [0, 0.05) is 133 Å². The molecular formula is C100H128N16O13. The third-order valence-corrected chi connectivity index (χ3v) is 21.8. The average molecular weight is 1760 g/mol. The van der Waals surface area contributed by atoms with Gasteiger partial charge in [-0.3, -0.25) is 55.0 Å². The molecule has 0 spiro atoms. The quantitative estimate of drug-likeness (QED) is 0.00736. The minimum Gasteiger partial charge on any atom is -0.396 e. The van der Waals surface area contributed by atoms with Crippen LogP contribution in [0.3, 0.4) is 0 Å². The number of hydrogen-bond acceptors (Lipinski definition) is 19. The molecule has 6 aromatic heterocycles. The van der Waals surface area contributed by atoms with Crippen LogP contribution >= 0.6 is 0 Å². The lowest BCUT2D eigenvalue weighted by atomic mass is 9.88. The van der Waals surface area contributed by atoms with Crippen molar-refractivity contribution < 1.29 is 65.3 Å². The van der Waals surface area contributed by atoms with Crippen LogP contribution in [0.2, 0.25) is 0 Å². The lowest BCUT2D eigenvalue weighted by Gasteiger charge is -2.22. The number of aliphatic hydroxyl groups is 3. The van der Waals surface area contributed by atoms with E-state index in [4.69, 9.17) is 56.1 Å². The van der Waals surface area contributed by atoms with Gasteiger partial charge in [0.25, 0.3) is 29.5 Å². The van der Waals surface area contributed by atoms with E-state index in [1.807, 2.05) is 121 Å². The number of amides is 5. The number of benzene rings is 6. The van der Waals surface area contributed by atoms with Crippen LogP contribution in [0.25, 0.3) is 85.5 Å². The number of carbonyl (C=O) groups excluding carboxylic acids is 5. The smallest absolute Gasteiger partial charge is 0.267 e. The SMILES string of the molecule is CC(C)Cc1nc2cc(/C=C/C(=O)NO)ccc2n1CCCO.CC(C)Cc1nc2cc(/C=C/C(=O)NO)ccc2n1CCc1ccccc1.CC(C)Cc1nc2cc(/C=C/C(=O)NO)ccc2n1CCc1ccccn1.CCCCCCCCc1nc2cc(/C=C/C(=O)NO)ccc2n1CCCO.O=C(/C=C/c1ccc2c(c1)nc(C1CCCCC1)n2CCCO)NO. The standard InChI is InChI=1S/C22H25N3O2.C21H24N4O2.C21H31N3O3.C19H25N3O3.C17H23N3O3/c1-16(2)14-21-23-19-15-18(9-11-22(26)24-27)8-10-20(19)25(21)13-12-17-6-4-3-5-7-17;1-15(2)13-20-23-18-14-16(7-9-21(26)24-27)6-8-19(18)25(20)12-10-17-5-3-4-11-22-17;1-2-3-4-5-6-7-9-20-22-18-16-17(11-13-21(26)23-27)10-12-19(18)24(20)14-8-15-25;23-12-4-11-22-17-9-7-14(8-10-18(24)21-25)13-16(17)20-19(22)15-5-2-1-3-6-15;1-12(2)10-16-18-14-11-13(5-7-17(22)19-23)4-6-15(14)20(16)8-3-9-21/h3-11,15-16,27H,12-14H2,1-2H3,(H,24,26);3-9,11,14-15,27H,10,12-13H2,1-2H3,(H,24,26);10-13,16,25,27H,2-9,14-15H2,1H3,(H,23,26);7-10,13,15,23,25H,1-6,11-12H2,(H,21,24);4-7,11-12,21,23H,3,8-10H2,1-2H3,(H,19,22)/b11-9+;9-7+;13-11+;10-8+;7-5+. The molecular weight excluding hydrogens is 1630 g/mol. The number of aliphatic hydroxyl groups excluding tert-OH is 3. The van der Waals surface area contributed by atoms with Crippen LogP contribution in [-0.4, -0.2) is 143 Å². The topological polar surface area (TPSA) is 409 Å². The first-order valence-electron chi connectivity index (χ1n) is 44.9. The Morgan fingerprint density at radius 1 is 0.364 bits per heavy atom.